The van der Waals surface area contributed by atoms with Crippen molar-refractivity contribution in [3.8, 4) is 0 Å². The number of thioether (sulfide) groups is 1. The van der Waals surface area contributed by atoms with Gasteiger partial charge in [0.2, 0.25) is 5.91 Å². The van der Waals surface area contributed by atoms with E-state index >= 15 is 0 Å². The summed E-state index contributed by atoms with van der Waals surface area (Å²) in [5, 5.41) is 11.7. The molecule has 3 N–H and O–H groups in total. The Morgan fingerprint density at radius 2 is 2.24 bits per heavy atom. The van der Waals surface area contributed by atoms with Crippen molar-refractivity contribution < 1.29 is 10.0 Å². The van der Waals surface area contributed by atoms with Gasteiger partial charge in [0.25, 0.3) is 0 Å². The number of hydrogen-bond donors (Lipinski definition) is 2. The molecule has 2 heterocycles. The number of nitrogens with zero attached hydrogens (tertiary/aromatic N) is 2. The van der Waals surface area contributed by atoms with Crippen molar-refractivity contribution in [2.75, 3.05) is 24.6 Å². The third kappa shape index (κ3) is 2.86. The second-order valence-electron chi connectivity index (χ2n) is 4.71. The molecule has 2 unspecified atom stereocenters. The first kappa shape index (κ1) is 12.5. The molecular weight excluding hydrogens is 238 g/mol. The summed E-state index contributed by atoms with van der Waals surface area (Å²) in [6, 6.07) is 0. The van der Waals surface area contributed by atoms with E-state index in [1.54, 1.807) is 0 Å². The first-order valence-electron chi connectivity index (χ1n) is 6.06. The molecule has 6 heteroatoms. The van der Waals surface area contributed by atoms with E-state index in [9.17, 15) is 4.79 Å². The molecule has 96 valence electrons. The van der Waals surface area contributed by atoms with Crippen LogP contribution in [-0.2, 0) is 4.79 Å². The Morgan fingerprint density at radius 1 is 1.41 bits per heavy atom. The summed E-state index contributed by atoms with van der Waals surface area (Å²) < 4.78 is 0. The van der Waals surface area contributed by atoms with E-state index in [0.717, 1.165) is 37.3 Å². The van der Waals surface area contributed by atoms with Crippen LogP contribution in [0, 0.1) is 11.8 Å². The third-order valence-electron chi connectivity index (χ3n) is 3.55. The minimum absolute atomic E-state index is 0.0201. The lowest BCUT2D eigenvalue weighted by Gasteiger charge is -2.33. The molecule has 0 aromatic carbocycles. The highest BCUT2D eigenvalue weighted by Gasteiger charge is 2.31. The molecule has 0 saturated carbocycles. The van der Waals surface area contributed by atoms with Gasteiger partial charge < -0.3 is 15.8 Å². The molecule has 2 fully saturated rings. The van der Waals surface area contributed by atoms with Crippen LogP contribution in [-0.4, -0.2) is 46.4 Å². The van der Waals surface area contributed by atoms with E-state index < -0.39 is 0 Å². The Morgan fingerprint density at radius 3 is 2.88 bits per heavy atom. The van der Waals surface area contributed by atoms with Gasteiger partial charge in [-0.1, -0.05) is 5.16 Å². The lowest BCUT2D eigenvalue weighted by Crippen LogP contribution is -2.46. The highest BCUT2D eigenvalue weighted by Crippen LogP contribution is 2.27. The van der Waals surface area contributed by atoms with Crippen LogP contribution in [0.4, 0.5) is 0 Å². The molecule has 5 nitrogen and oxygen atoms in total. The molecule has 2 saturated heterocycles. The maximum atomic E-state index is 12.2. The normalized spacial score (nSPS) is 30.6. The number of hydrogen-bond acceptors (Lipinski definition) is 4. The van der Waals surface area contributed by atoms with Gasteiger partial charge in [-0.05, 0) is 25.0 Å². The first-order chi connectivity index (χ1) is 8.22. The predicted octanol–water partition coefficient (Wildman–Crippen LogP) is 0.724. The molecule has 2 rings (SSSR count). The molecular formula is C11H19N3O2S. The molecule has 2 atom stereocenters. The van der Waals surface area contributed by atoms with Crippen molar-refractivity contribution in [2.45, 2.75) is 19.3 Å². The molecule has 0 aliphatic carbocycles. The third-order valence-corrected chi connectivity index (χ3v) is 4.71. The molecule has 1 amide bonds. The lowest BCUT2D eigenvalue weighted by atomic mass is 9.95. The molecule has 0 aromatic heterocycles. The van der Waals surface area contributed by atoms with Crippen LogP contribution in [0.2, 0.25) is 0 Å². The van der Waals surface area contributed by atoms with Gasteiger partial charge >= 0.3 is 0 Å². The first-order valence-corrected chi connectivity index (χ1v) is 7.21. The van der Waals surface area contributed by atoms with Crippen molar-refractivity contribution in [3.05, 3.63) is 0 Å². The topological polar surface area (TPSA) is 78.9 Å². The van der Waals surface area contributed by atoms with Gasteiger partial charge in [0.15, 0.2) is 0 Å². The summed E-state index contributed by atoms with van der Waals surface area (Å²) in [6.45, 7) is 1.42. The number of amides is 1. The summed E-state index contributed by atoms with van der Waals surface area (Å²) in [5.74, 6) is 2.75. The number of rotatable bonds is 2. The Bertz CT molecular complexity index is 316. The highest BCUT2D eigenvalue weighted by atomic mass is 32.2. The van der Waals surface area contributed by atoms with Crippen molar-refractivity contribution in [2.24, 2.45) is 22.7 Å². The van der Waals surface area contributed by atoms with Gasteiger partial charge in [0.05, 0.1) is 0 Å². The van der Waals surface area contributed by atoms with E-state index in [2.05, 4.69) is 5.16 Å². The number of carbonyl (C=O) groups is 1. The van der Waals surface area contributed by atoms with E-state index in [0.29, 0.717) is 6.54 Å². The van der Waals surface area contributed by atoms with Crippen molar-refractivity contribution >= 4 is 23.5 Å². The summed E-state index contributed by atoms with van der Waals surface area (Å²) >= 11 is 1.85. The summed E-state index contributed by atoms with van der Waals surface area (Å²) in [6.07, 6.45) is 2.83. The second-order valence-corrected chi connectivity index (χ2v) is 5.86. The zero-order valence-corrected chi connectivity index (χ0v) is 10.7. The van der Waals surface area contributed by atoms with E-state index in [4.69, 9.17) is 10.9 Å². The zero-order valence-electron chi connectivity index (χ0n) is 9.84. The Labute approximate surface area is 105 Å². The largest absolute Gasteiger partial charge is 0.409 e. The van der Waals surface area contributed by atoms with Crippen LogP contribution in [0.1, 0.15) is 19.3 Å². The van der Waals surface area contributed by atoms with Gasteiger partial charge in [-0.2, -0.15) is 11.8 Å². The van der Waals surface area contributed by atoms with Gasteiger partial charge in [-0.25, -0.2) is 0 Å². The van der Waals surface area contributed by atoms with Crippen LogP contribution >= 0.6 is 11.8 Å². The fourth-order valence-corrected chi connectivity index (χ4v) is 3.70. The fourth-order valence-electron chi connectivity index (χ4n) is 2.49. The maximum absolute atomic E-state index is 12.2. The van der Waals surface area contributed by atoms with Crippen molar-refractivity contribution in [1.29, 1.82) is 0 Å². The second kappa shape index (κ2) is 5.62. The number of nitrogens with two attached hydrogens (primary N) is 1. The average molecular weight is 257 g/mol. The van der Waals surface area contributed by atoms with E-state index in [-0.39, 0.29) is 23.6 Å². The quantitative estimate of drug-likeness (QED) is 0.331. The number of likely N-dealkylation sites (tertiary alicyclic amines) is 1. The van der Waals surface area contributed by atoms with E-state index in [1.165, 1.54) is 0 Å². The van der Waals surface area contributed by atoms with Crippen LogP contribution in [0.25, 0.3) is 0 Å². The SMILES string of the molecule is NC(=NO)C1CCCN(C(=O)C2CCSC2)C1. The molecule has 0 spiro atoms. The molecule has 17 heavy (non-hydrogen) atoms. The van der Waals surface area contributed by atoms with Crippen LogP contribution in [0.15, 0.2) is 5.16 Å². The van der Waals surface area contributed by atoms with Gasteiger partial charge in [0.1, 0.15) is 5.84 Å². The maximum Gasteiger partial charge on any atom is 0.226 e. The Kier molecular flexibility index (Phi) is 4.15. The number of piperidine rings is 1. The van der Waals surface area contributed by atoms with Crippen LogP contribution in [0.5, 0.6) is 0 Å². The minimum Gasteiger partial charge on any atom is -0.409 e. The number of amidine groups is 1. The van der Waals surface area contributed by atoms with Gasteiger partial charge in [-0.3, -0.25) is 4.79 Å². The summed E-state index contributed by atoms with van der Waals surface area (Å²) in [7, 11) is 0. The molecule has 0 radical (unpaired) electrons. The number of carbonyl (C=O) groups excluding carboxylic acids is 1. The van der Waals surface area contributed by atoms with E-state index in [1.807, 2.05) is 16.7 Å². The van der Waals surface area contributed by atoms with Crippen molar-refractivity contribution in [1.82, 2.24) is 4.90 Å². The van der Waals surface area contributed by atoms with Crippen LogP contribution < -0.4 is 5.73 Å². The zero-order chi connectivity index (χ0) is 12.3. The highest BCUT2D eigenvalue weighted by molar-refractivity contribution is 7.99. The molecule has 2 aliphatic heterocycles. The standard InChI is InChI=1S/C11H19N3O2S/c12-10(13-16)8-2-1-4-14(6-8)11(15)9-3-5-17-7-9/h8-9,16H,1-7H2,(H2,12,13). The van der Waals surface area contributed by atoms with Gasteiger partial charge in [0, 0.05) is 30.7 Å². The monoisotopic (exact) mass is 257 g/mol. The van der Waals surface area contributed by atoms with Crippen LogP contribution in [0.3, 0.4) is 0 Å². The predicted molar refractivity (Wildman–Crippen MR) is 68.1 cm³/mol. The van der Waals surface area contributed by atoms with Crippen molar-refractivity contribution in [3.63, 3.8) is 0 Å². The average Bonchev–Trinajstić information content (AvgIpc) is 2.91. The Balaban J connectivity index is 1.94. The summed E-state index contributed by atoms with van der Waals surface area (Å²) in [4.78, 5) is 14.1. The smallest absolute Gasteiger partial charge is 0.226 e. The molecule has 0 aromatic rings. The Hall–Kier alpha value is -0.910. The molecule has 0 bridgehead atoms. The molecule has 2 aliphatic rings. The van der Waals surface area contributed by atoms with Gasteiger partial charge in [-0.15, -0.1) is 0 Å². The minimum atomic E-state index is 0.0201. The summed E-state index contributed by atoms with van der Waals surface area (Å²) in [5.41, 5.74) is 5.62. The lowest BCUT2D eigenvalue weighted by molar-refractivity contribution is -0.136. The fraction of sp³-hybridized carbons (Fsp3) is 0.818. The number of oxime groups is 1.